The number of hydrogen-bond acceptors (Lipinski definition) is 5. The average Bonchev–Trinajstić information content (AvgIpc) is 2.77. The van der Waals surface area contributed by atoms with Crippen molar-refractivity contribution in [2.24, 2.45) is 4.99 Å². The summed E-state index contributed by atoms with van der Waals surface area (Å²) in [6.45, 7) is 0.711. The number of benzene rings is 1. The van der Waals surface area contributed by atoms with Crippen LogP contribution in [-0.4, -0.2) is 33.2 Å². The molecular weight excluding hydrogens is 278 g/mol. The molecule has 1 aromatic rings. The first-order valence-electron chi connectivity index (χ1n) is 6.15. The molecule has 0 saturated carbocycles. The molecule has 0 N–H and O–H groups in total. The number of rotatable bonds is 2. The molecule has 2 aliphatic heterocycles. The first-order chi connectivity index (χ1) is 9.65. The van der Waals surface area contributed by atoms with E-state index in [1.165, 1.54) is 12.1 Å². The average molecular weight is 289 g/mol. The van der Waals surface area contributed by atoms with Gasteiger partial charge in [0.05, 0.1) is 4.92 Å². The van der Waals surface area contributed by atoms with E-state index in [-0.39, 0.29) is 11.6 Å². The standard InChI is InChI=1S/C13H11N3O3S/c17-12-11(14-13-15(12)6-1-7-20-13)8-9-2-4-10(5-3-9)16(18)19/h2-5,8H,1,6-7H2/b11-8+. The van der Waals surface area contributed by atoms with Crippen molar-refractivity contribution in [1.82, 2.24) is 4.90 Å². The lowest BCUT2D eigenvalue weighted by Crippen LogP contribution is -2.34. The summed E-state index contributed by atoms with van der Waals surface area (Å²) >= 11 is 1.58. The van der Waals surface area contributed by atoms with Crippen molar-refractivity contribution in [2.75, 3.05) is 12.3 Å². The van der Waals surface area contributed by atoms with Crippen LogP contribution >= 0.6 is 11.8 Å². The van der Waals surface area contributed by atoms with Gasteiger partial charge >= 0.3 is 0 Å². The molecule has 3 rings (SSSR count). The number of nitro benzene ring substituents is 1. The number of carbonyl (C=O) groups excluding carboxylic acids is 1. The normalized spacial score (nSPS) is 20.0. The summed E-state index contributed by atoms with van der Waals surface area (Å²) in [5.41, 5.74) is 1.15. The van der Waals surface area contributed by atoms with Crippen LogP contribution < -0.4 is 0 Å². The van der Waals surface area contributed by atoms with Crippen LogP contribution in [-0.2, 0) is 4.79 Å². The lowest BCUT2D eigenvalue weighted by Gasteiger charge is -2.21. The van der Waals surface area contributed by atoms with E-state index in [2.05, 4.69) is 4.99 Å². The fraction of sp³-hybridized carbons (Fsp3) is 0.231. The van der Waals surface area contributed by atoms with Gasteiger partial charge in [-0.3, -0.25) is 19.8 Å². The van der Waals surface area contributed by atoms with Gasteiger partial charge in [0.15, 0.2) is 5.17 Å². The highest BCUT2D eigenvalue weighted by Gasteiger charge is 2.32. The van der Waals surface area contributed by atoms with Crippen molar-refractivity contribution in [3.63, 3.8) is 0 Å². The predicted octanol–water partition coefficient (Wildman–Crippen LogP) is 2.27. The van der Waals surface area contributed by atoms with Crippen molar-refractivity contribution in [2.45, 2.75) is 6.42 Å². The molecule has 0 unspecified atom stereocenters. The molecule has 1 amide bonds. The van der Waals surface area contributed by atoms with Crippen molar-refractivity contribution < 1.29 is 9.72 Å². The van der Waals surface area contributed by atoms with Gasteiger partial charge in [0.2, 0.25) is 0 Å². The van der Waals surface area contributed by atoms with Gasteiger partial charge in [-0.2, -0.15) is 0 Å². The van der Waals surface area contributed by atoms with E-state index in [0.717, 1.165) is 22.9 Å². The van der Waals surface area contributed by atoms with Crippen molar-refractivity contribution in [1.29, 1.82) is 0 Å². The second-order valence-corrected chi connectivity index (χ2v) is 5.49. The number of amides is 1. The summed E-state index contributed by atoms with van der Waals surface area (Å²) in [4.78, 5) is 28.3. The molecular formula is C13H11N3O3S. The number of nitro groups is 1. The van der Waals surface area contributed by atoms with E-state index < -0.39 is 4.92 Å². The molecule has 1 fully saturated rings. The molecule has 20 heavy (non-hydrogen) atoms. The van der Waals surface area contributed by atoms with Crippen LogP contribution in [0, 0.1) is 10.1 Å². The van der Waals surface area contributed by atoms with Crippen molar-refractivity contribution >= 4 is 34.6 Å². The Kier molecular flexibility index (Phi) is 3.27. The summed E-state index contributed by atoms with van der Waals surface area (Å²) in [6, 6.07) is 6.06. The molecule has 2 heterocycles. The third-order valence-corrected chi connectivity index (χ3v) is 4.14. The summed E-state index contributed by atoms with van der Waals surface area (Å²) < 4.78 is 0. The number of amidine groups is 1. The maximum absolute atomic E-state index is 12.1. The third-order valence-electron chi connectivity index (χ3n) is 3.08. The van der Waals surface area contributed by atoms with Crippen LogP contribution in [0.1, 0.15) is 12.0 Å². The number of fused-ring (bicyclic) bond motifs is 1. The molecule has 0 radical (unpaired) electrons. The Labute approximate surface area is 119 Å². The van der Waals surface area contributed by atoms with Crippen LogP contribution in [0.2, 0.25) is 0 Å². The van der Waals surface area contributed by atoms with Crippen molar-refractivity contribution in [3.8, 4) is 0 Å². The monoisotopic (exact) mass is 289 g/mol. The molecule has 2 aliphatic rings. The maximum Gasteiger partial charge on any atom is 0.278 e. The van der Waals surface area contributed by atoms with Crippen LogP contribution in [0.5, 0.6) is 0 Å². The van der Waals surface area contributed by atoms with E-state index in [0.29, 0.717) is 12.2 Å². The highest BCUT2D eigenvalue weighted by molar-refractivity contribution is 8.13. The number of thioether (sulfide) groups is 1. The fourth-order valence-electron chi connectivity index (χ4n) is 2.07. The molecule has 7 heteroatoms. The smallest absolute Gasteiger partial charge is 0.278 e. The zero-order valence-corrected chi connectivity index (χ0v) is 11.3. The Bertz CT molecular complexity index is 637. The van der Waals surface area contributed by atoms with Crippen LogP contribution in [0.15, 0.2) is 35.0 Å². The van der Waals surface area contributed by atoms with E-state index >= 15 is 0 Å². The van der Waals surface area contributed by atoms with Gasteiger partial charge in [-0.1, -0.05) is 11.8 Å². The number of aliphatic imine (C=N–C) groups is 1. The summed E-state index contributed by atoms with van der Waals surface area (Å²) in [7, 11) is 0. The summed E-state index contributed by atoms with van der Waals surface area (Å²) in [5, 5.41) is 11.3. The Hall–Kier alpha value is -2.15. The Balaban J connectivity index is 1.87. The molecule has 102 valence electrons. The lowest BCUT2D eigenvalue weighted by molar-refractivity contribution is -0.384. The van der Waals surface area contributed by atoms with Crippen LogP contribution in [0.4, 0.5) is 5.69 Å². The van der Waals surface area contributed by atoms with Gasteiger partial charge in [-0.05, 0) is 30.2 Å². The SMILES string of the molecule is O=C1/C(=C\c2ccc([N+](=O)[O-])cc2)N=C2SCCCN12. The topological polar surface area (TPSA) is 75.8 Å². The zero-order chi connectivity index (χ0) is 14.1. The van der Waals surface area contributed by atoms with Gasteiger partial charge in [-0.15, -0.1) is 0 Å². The first kappa shape index (κ1) is 12.9. The lowest BCUT2D eigenvalue weighted by atomic mass is 10.1. The van der Waals surface area contributed by atoms with Gasteiger partial charge in [0.25, 0.3) is 11.6 Å². The Morgan fingerprint density at radius 2 is 2.10 bits per heavy atom. The number of nitrogens with zero attached hydrogens (tertiary/aromatic N) is 3. The molecule has 0 spiro atoms. The molecule has 0 bridgehead atoms. The minimum absolute atomic E-state index is 0.0317. The fourth-order valence-corrected chi connectivity index (χ4v) is 3.02. The predicted molar refractivity (Wildman–Crippen MR) is 77.3 cm³/mol. The number of non-ortho nitro benzene ring substituents is 1. The molecule has 0 aromatic heterocycles. The van der Waals surface area contributed by atoms with E-state index in [4.69, 9.17) is 0 Å². The van der Waals surface area contributed by atoms with Crippen molar-refractivity contribution in [3.05, 3.63) is 45.6 Å². The van der Waals surface area contributed by atoms with Crippen LogP contribution in [0.25, 0.3) is 6.08 Å². The van der Waals surface area contributed by atoms with E-state index in [1.807, 2.05) is 0 Å². The van der Waals surface area contributed by atoms with Gasteiger partial charge in [0, 0.05) is 24.4 Å². The van der Waals surface area contributed by atoms with E-state index in [9.17, 15) is 14.9 Å². The maximum atomic E-state index is 12.1. The summed E-state index contributed by atoms with van der Waals surface area (Å²) in [5.74, 6) is 0.888. The highest BCUT2D eigenvalue weighted by atomic mass is 32.2. The number of hydrogen-bond donors (Lipinski definition) is 0. The van der Waals surface area contributed by atoms with Gasteiger partial charge in [-0.25, -0.2) is 4.99 Å². The quantitative estimate of drug-likeness (QED) is 0.475. The van der Waals surface area contributed by atoms with Gasteiger partial charge in [0.1, 0.15) is 5.70 Å². The molecule has 6 nitrogen and oxygen atoms in total. The second kappa shape index (κ2) is 5.09. The third kappa shape index (κ3) is 2.32. The second-order valence-electron chi connectivity index (χ2n) is 4.43. The Morgan fingerprint density at radius 3 is 2.75 bits per heavy atom. The van der Waals surface area contributed by atoms with Gasteiger partial charge < -0.3 is 0 Å². The summed E-state index contributed by atoms with van der Waals surface area (Å²) in [6.07, 6.45) is 2.64. The zero-order valence-electron chi connectivity index (χ0n) is 10.5. The van der Waals surface area contributed by atoms with E-state index in [1.54, 1.807) is 34.9 Å². The molecule has 1 saturated heterocycles. The minimum Gasteiger partial charge on any atom is -0.286 e. The molecule has 0 atom stereocenters. The first-order valence-corrected chi connectivity index (χ1v) is 7.13. The highest BCUT2D eigenvalue weighted by Crippen LogP contribution is 2.28. The molecule has 0 aliphatic carbocycles. The molecule has 1 aromatic carbocycles. The number of carbonyl (C=O) groups is 1. The largest absolute Gasteiger partial charge is 0.286 e. The Morgan fingerprint density at radius 1 is 1.35 bits per heavy atom. The van der Waals surface area contributed by atoms with Crippen LogP contribution in [0.3, 0.4) is 0 Å². The minimum atomic E-state index is -0.450.